The summed E-state index contributed by atoms with van der Waals surface area (Å²) < 4.78 is 0. The number of H-pyrrole nitrogens is 1. The monoisotopic (exact) mass is 278 g/mol. The molecule has 19 heavy (non-hydrogen) atoms. The van der Waals surface area contributed by atoms with Crippen LogP contribution in [0.3, 0.4) is 0 Å². The summed E-state index contributed by atoms with van der Waals surface area (Å²) in [5.41, 5.74) is 10.9. The van der Waals surface area contributed by atoms with E-state index in [4.69, 9.17) is 5.73 Å². The fourth-order valence-electron chi connectivity index (χ4n) is 3.57. The van der Waals surface area contributed by atoms with E-state index in [0.29, 0.717) is 5.92 Å². The maximum absolute atomic E-state index is 11.5. The number of allylic oxidation sites excluding steroid dienone is 2. The van der Waals surface area contributed by atoms with E-state index in [0.717, 1.165) is 24.1 Å². The van der Waals surface area contributed by atoms with Gasteiger partial charge in [0, 0.05) is 17.7 Å². The van der Waals surface area contributed by atoms with Crippen LogP contribution in [0.5, 0.6) is 0 Å². The molecule has 2 unspecified atom stereocenters. The average molecular weight is 279 g/mol. The van der Waals surface area contributed by atoms with Crippen molar-refractivity contribution in [2.45, 2.75) is 32.2 Å². The Bertz CT molecular complexity index is 629. The third-order valence-electron chi connectivity index (χ3n) is 4.17. The molecule has 2 atom stereocenters. The molecule has 0 amide bonds. The summed E-state index contributed by atoms with van der Waals surface area (Å²) in [6.07, 6.45) is 6.11. The zero-order valence-corrected chi connectivity index (χ0v) is 12.0. The van der Waals surface area contributed by atoms with Crippen LogP contribution in [0, 0.1) is 5.92 Å². The van der Waals surface area contributed by atoms with Gasteiger partial charge in [0.1, 0.15) is 0 Å². The van der Waals surface area contributed by atoms with Crippen molar-refractivity contribution in [1.82, 2.24) is 4.98 Å². The summed E-state index contributed by atoms with van der Waals surface area (Å²) in [6.45, 7) is 4.19. The first kappa shape index (κ1) is 14.1. The van der Waals surface area contributed by atoms with Crippen molar-refractivity contribution in [2.75, 3.05) is 0 Å². The van der Waals surface area contributed by atoms with Gasteiger partial charge in [0.2, 0.25) is 5.56 Å². The standard InChI is InChI=1S/C15H18N2O.ClH/c1-3-11-10-6-9(2)8-15(11,16)12-4-5-14(18)17-13(12)7-10;/h3-6,10H,7-8,16H2,1-2H3,(H,17,18);1H/b11-3+;. The third-order valence-corrected chi connectivity index (χ3v) is 4.17. The topological polar surface area (TPSA) is 58.9 Å². The van der Waals surface area contributed by atoms with Crippen molar-refractivity contribution in [3.8, 4) is 0 Å². The molecule has 0 aliphatic heterocycles. The van der Waals surface area contributed by atoms with Crippen molar-refractivity contribution in [1.29, 1.82) is 0 Å². The van der Waals surface area contributed by atoms with Gasteiger partial charge >= 0.3 is 0 Å². The second-order valence-corrected chi connectivity index (χ2v) is 5.43. The molecule has 0 fully saturated rings. The number of hydrogen-bond acceptors (Lipinski definition) is 2. The average Bonchev–Trinajstić information content (AvgIpc) is 2.26. The Morgan fingerprint density at radius 3 is 2.89 bits per heavy atom. The highest BCUT2D eigenvalue weighted by atomic mass is 35.5. The van der Waals surface area contributed by atoms with E-state index in [9.17, 15) is 4.79 Å². The molecule has 3 nitrogen and oxygen atoms in total. The summed E-state index contributed by atoms with van der Waals surface area (Å²) in [5, 5.41) is 0. The molecule has 2 bridgehead atoms. The van der Waals surface area contributed by atoms with Gasteiger partial charge in [-0.05, 0) is 43.9 Å². The quantitative estimate of drug-likeness (QED) is 0.716. The number of rotatable bonds is 0. The summed E-state index contributed by atoms with van der Waals surface area (Å²) >= 11 is 0. The second kappa shape index (κ2) is 4.66. The minimum atomic E-state index is -0.434. The van der Waals surface area contributed by atoms with Crippen LogP contribution in [-0.2, 0) is 12.0 Å². The molecule has 3 N–H and O–H groups in total. The van der Waals surface area contributed by atoms with Crippen molar-refractivity contribution < 1.29 is 0 Å². The second-order valence-electron chi connectivity index (χ2n) is 5.43. The molecule has 0 aromatic carbocycles. The minimum absolute atomic E-state index is 0. The lowest BCUT2D eigenvalue weighted by Gasteiger charge is -2.45. The molecule has 4 heteroatoms. The SMILES string of the molecule is C/C=C1\C2C=C(C)CC1(N)c1ccc(=O)[nH]c1C2.Cl. The highest BCUT2D eigenvalue weighted by molar-refractivity contribution is 5.85. The Morgan fingerprint density at radius 1 is 1.47 bits per heavy atom. The van der Waals surface area contributed by atoms with Crippen molar-refractivity contribution >= 4 is 12.4 Å². The first-order valence-corrected chi connectivity index (χ1v) is 6.40. The van der Waals surface area contributed by atoms with Crippen LogP contribution in [0.2, 0.25) is 0 Å². The summed E-state index contributed by atoms with van der Waals surface area (Å²) in [5.74, 6) is 0.333. The van der Waals surface area contributed by atoms with Gasteiger partial charge in [-0.25, -0.2) is 0 Å². The number of pyridine rings is 1. The molecule has 3 rings (SSSR count). The number of hydrogen-bond donors (Lipinski definition) is 2. The van der Waals surface area contributed by atoms with E-state index >= 15 is 0 Å². The van der Waals surface area contributed by atoms with Crippen LogP contribution >= 0.6 is 12.4 Å². The van der Waals surface area contributed by atoms with Crippen molar-refractivity contribution in [3.63, 3.8) is 0 Å². The predicted octanol–water partition coefficient (Wildman–Crippen LogP) is 2.42. The van der Waals surface area contributed by atoms with Crippen LogP contribution < -0.4 is 11.3 Å². The Labute approximate surface area is 119 Å². The van der Waals surface area contributed by atoms with Crippen LogP contribution in [0.25, 0.3) is 0 Å². The van der Waals surface area contributed by atoms with E-state index in [2.05, 4.69) is 31.0 Å². The molecule has 2 aliphatic rings. The zero-order valence-electron chi connectivity index (χ0n) is 11.2. The lowest BCUT2D eigenvalue weighted by Crippen LogP contribution is -2.48. The maximum atomic E-state index is 11.5. The van der Waals surface area contributed by atoms with Gasteiger partial charge in [-0.1, -0.05) is 17.7 Å². The third kappa shape index (κ3) is 1.97. The summed E-state index contributed by atoms with van der Waals surface area (Å²) in [6, 6.07) is 3.47. The molecule has 102 valence electrons. The van der Waals surface area contributed by atoms with Gasteiger partial charge in [0.05, 0.1) is 5.54 Å². The van der Waals surface area contributed by atoms with Crippen LogP contribution in [0.15, 0.2) is 40.2 Å². The predicted molar refractivity (Wildman–Crippen MR) is 79.5 cm³/mol. The lowest BCUT2D eigenvalue weighted by atomic mass is 9.63. The Morgan fingerprint density at radius 2 is 2.21 bits per heavy atom. The van der Waals surface area contributed by atoms with Gasteiger partial charge < -0.3 is 10.7 Å². The van der Waals surface area contributed by atoms with E-state index in [1.807, 2.05) is 6.07 Å². The molecule has 0 saturated carbocycles. The molecular formula is C15H19ClN2O. The van der Waals surface area contributed by atoms with Gasteiger partial charge in [0.25, 0.3) is 0 Å². The van der Waals surface area contributed by atoms with E-state index in [1.54, 1.807) is 6.07 Å². The van der Waals surface area contributed by atoms with Gasteiger partial charge in [-0.15, -0.1) is 12.4 Å². The van der Waals surface area contributed by atoms with Crippen LogP contribution in [0.4, 0.5) is 0 Å². The van der Waals surface area contributed by atoms with Crippen molar-refractivity contribution in [2.24, 2.45) is 11.7 Å². The van der Waals surface area contributed by atoms with Gasteiger partial charge in [-0.3, -0.25) is 4.79 Å². The summed E-state index contributed by atoms with van der Waals surface area (Å²) in [4.78, 5) is 14.4. The first-order chi connectivity index (χ1) is 8.54. The Hall–Kier alpha value is -1.32. The number of aromatic amines is 1. The van der Waals surface area contributed by atoms with E-state index in [1.165, 1.54) is 11.1 Å². The fraction of sp³-hybridized carbons (Fsp3) is 0.400. The molecule has 1 aromatic heterocycles. The van der Waals surface area contributed by atoms with Crippen molar-refractivity contribution in [3.05, 3.63) is 57.0 Å². The lowest BCUT2D eigenvalue weighted by molar-refractivity contribution is 0.409. The highest BCUT2D eigenvalue weighted by Crippen LogP contribution is 2.47. The van der Waals surface area contributed by atoms with E-state index in [-0.39, 0.29) is 18.0 Å². The number of halogens is 1. The van der Waals surface area contributed by atoms with Gasteiger partial charge in [-0.2, -0.15) is 0 Å². The number of aromatic nitrogens is 1. The minimum Gasteiger partial charge on any atom is -0.326 e. The number of nitrogens with two attached hydrogens (primary N) is 1. The molecule has 0 saturated heterocycles. The molecule has 1 heterocycles. The number of fused-ring (bicyclic) bond motifs is 4. The first-order valence-electron chi connectivity index (χ1n) is 6.40. The fourth-order valence-corrected chi connectivity index (χ4v) is 3.57. The van der Waals surface area contributed by atoms with Crippen LogP contribution in [0.1, 0.15) is 31.5 Å². The van der Waals surface area contributed by atoms with Gasteiger partial charge in [0.15, 0.2) is 0 Å². The Balaban J connectivity index is 0.00000133. The molecule has 0 radical (unpaired) electrons. The number of nitrogens with one attached hydrogen (secondary N) is 1. The maximum Gasteiger partial charge on any atom is 0.248 e. The molecule has 2 aliphatic carbocycles. The smallest absolute Gasteiger partial charge is 0.248 e. The molecule has 0 spiro atoms. The highest BCUT2D eigenvalue weighted by Gasteiger charge is 2.43. The zero-order chi connectivity index (χ0) is 12.9. The summed E-state index contributed by atoms with van der Waals surface area (Å²) in [7, 11) is 0. The largest absolute Gasteiger partial charge is 0.326 e. The Kier molecular flexibility index (Phi) is 3.45. The van der Waals surface area contributed by atoms with E-state index < -0.39 is 5.54 Å². The normalized spacial score (nSPS) is 30.4. The molecule has 1 aromatic rings. The molecular weight excluding hydrogens is 260 g/mol. The van der Waals surface area contributed by atoms with Crippen LogP contribution in [-0.4, -0.2) is 4.98 Å².